The summed E-state index contributed by atoms with van der Waals surface area (Å²) in [4.78, 5) is 73.7. The maximum atomic E-state index is 12.9. The summed E-state index contributed by atoms with van der Waals surface area (Å²) in [5.74, 6) is -3.84. The molecule has 0 spiro atoms. The molecule has 16 heteroatoms. The van der Waals surface area contributed by atoms with Crippen LogP contribution in [0.1, 0.15) is 37.7 Å². The number of nitrogens with two attached hydrogens (primary N) is 1. The summed E-state index contributed by atoms with van der Waals surface area (Å²) in [5.41, 5.74) is 5.94. The van der Waals surface area contributed by atoms with Crippen molar-refractivity contribution in [2.24, 2.45) is 5.73 Å². The van der Waals surface area contributed by atoms with Crippen molar-refractivity contribution in [2.45, 2.75) is 62.7 Å². The molecule has 1 saturated heterocycles. The fourth-order valence-electron chi connectivity index (χ4n) is 4.29. The summed E-state index contributed by atoms with van der Waals surface area (Å²) in [7, 11) is 1.50. The Labute approximate surface area is 248 Å². The molecule has 1 aliphatic heterocycles. The Morgan fingerprint density at radius 2 is 1.81 bits per heavy atom. The standard InChI is InChI=1S/C27H39N8O8/c1-43-18-8-6-16(7-9-18)12-17(15-36)33-26(42)21(13-23(38)39)34-22(37)14-32-24(40)20(5-3-11-31-27(28)29)35-25(41)19-4-2-10-30-19/h6-9,17,19-21,30H,2-5,10-14H2,1H3,(H,32,40)(H,33,42)(H,34,37)(H,35,41)(H,38,39)(H4,28,29,31)/t17-,19-,20-,21-/m0/s1. The normalized spacial score (nSPS) is 16.1. The van der Waals surface area contributed by atoms with Gasteiger partial charge in [0.2, 0.25) is 29.9 Å². The van der Waals surface area contributed by atoms with Gasteiger partial charge in [-0.25, -0.2) is 0 Å². The molecule has 4 amide bonds. The molecule has 235 valence electrons. The predicted octanol–water partition coefficient (Wildman–Crippen LogP) is -2.59. The van der Waals surface area contributed by atoms with Crippen molar-refractivity contribution in [3.63, 3.8) is 0 Å². The first-order valence-electron chi connectivity index (χ1n) is 13.7. The maximum Gasteiger partial charge on any atom is 0.305 e. The number of hydrogen-bond acceptors (Lipinski definition) is 9. The van der Waals surface area contributed by atoms with Gasteiger partial charge in [0.25, 0.3) is 0 Å². The van der Waals surface area contributed by atoms with Crippen molar-refractivity contribution in [1.82, 2.24) is 31.9 Å². The molecule has 10 N–H and O–H groups in total. The summed E-state index contributed by atoms with van der Waals surface area (Å²) in [5, 5.41) is 31.8. The molecule has 1 heterocycles. The van der Waals surface area contributed by atoms with E-state index in [1.54, 1.807) is 30.6 Å². The van der Waals surface area contributed by atoms with Crippen LogP contribution in [0.15, 0.2) is 24.3 Å². The zero-order valence-electron chi connectivity index (χ0n) is 23.9. The minimum atomic E-state index is -1.55. The predicted molar refractivity (Wildman–Crippen MR) is 154 cm³/mol. The zero-order chi connectivity index (χ0) is 31.8. The van der Waals surface area contributed by atoms with Gasteiger partial charge in [-0.3, -0.25) is 34.2 Å². The van der Waals surface area contributed by atoms with Crippen LogP contribution in [0.4, 0.5) is 0 Å². The lowest BCUT2D eigenvalue weighted by atomic mass is 10.1. The topological polar surface area (TPSA) is 254 Å². The number of carboxylic acid groups (broad SMARTS) is 1. The fraction of sp³-hybridized carbons (Fsp3) is 0.519. The summed E-state index contributed by atoms with van der Waals surface area (Å²) >= 11 is 0. The van der Waals surface area contributed by atoms with Gasteiger partial charge < -0.3 is 47.5 Å². The van der Waals surface area contributed by atoms with E-state index in [1.165, 1.54) is 7.11 Å². The van der Waals surface area contributed by atoms with E-state index < -0.39 is 60.8 Å². The Morgan fingerprint density at radius 1 is 1.09 bits per heavy atom. The average molecular weight is 604 g/mol. The number of carboxylic acids is 1. The van der Waals surface area contributed by atoms with Gasteiger partial charge in [0.05, 0.1) is 32.2 Å². The highest BCUT2D eigenvalue weighted by Gasteiger charge is 2.29. The SMILES string of the molecule is COc1ccc(C[C@@H]([C]=O)NC(=O)[C@H](CC(=O)O)NC(=O)CNC(=O)[C@H](CCCNC(=N)N)NC(=O)[C@@H]2CCCN2)cc1. The van der Waals surface area contributed by atoms with Crippen molar-refractivity contribution < 1.29 is 38.6 Å². The number of aliphatic carboxylic acids is 1. The number of rotatable bonds is 18. The smallest absolute Gasteiger partial charge is 0.305 e. The van der Waals surface area contributed by atoms with Crippen LogP contribution in [0, 0.1) is 5.41 Å². The first-order valence-corrected chi connectivity index (χ1v) is 13.7. The van der Waals surface area contributed by atoms with Crippen LogP contribution < -0.4 is 42.4 Å². The van der Waals surface area contributed by atoms with Crippen LogP contribution >= 0.6 is 0 Å². The van der Waals surface area contributed by atoms with E-state index in [2.05, 4.69) is 31.9 Å². The molecule has 1 radical (unpaired) electrons. The van der Waals surface area contributed by atoms with Crippen LogP contribution in [0.5, 0.6) is 5.75 Å². The van der Waals surface area contributed by atoms with E-state index in [9.17, 15) is 33.9 Å². The van der Waals surface area contributed by atoms with E-state index >= 15 is 0 Å². The van der Waals surface area contributed by atoms with E-state index in [0.717, 1.165) is 6.42 Å². The Balaban J connectivity index is 1.96. The first kappa shape index (κ1) is 34.5. The third kappa shape index (κ3) is 12.8. The van der Waals surface area contributed by atoms with E-state index in [1.807, 2.05) is 0 Å². The first-order chi connectivity index (χ1) is 20.5. The van der Waals surface area contributed by atoms with Gasteiger partial charge in [0, 0.05) is 13.0 Å². The zero-order valence-corrected chi connectivity index (χ0v) is 23.9. The Kier molecular flexibility index (Phi) is 14.4. The maximum absolute atomic E-state index is 12.9. The lowest BCUT2D eigenvalue weighted by molar-refractivity contribution is -0.140. The van der Waals surface area contributed by atoms with Crippen LogP contribution in [-0.4, -0.2) is 97.9 Å². The molecule has 0 aliphatic carbocycles. The molecule has 2 rings (SSSR count). The van der Waals surface area contributed by atoms with Crippen molar-refractivity contribution in [3.8, 4) is 5.75 Å². The fourth-order valence-corrected chi connectivity index (χ4v) is 4.29. The number of hydrogen-bond donors (Lipinski definition) is 9. The Bertz CT molecular complexity index is 1140. The summed E-state index contributed by atoms with van der Waals surface area (Å²) < 4.78 is 5.08. The molecular formula is C27H39N8O8. The van der Waals surface area contributed by atoms with Gasteiger partial charge in [0.1, 0.15) is 17.8 Å². The second-order valence-corrected chi connectivity index (χ2v) is 9.86. The minimum absolute atomic E-state index is 0.0639. The highest BCUT2D eigenvalue weighted by atomic mass is 16.5. The van der Waals surface area contributed by atoms with Crippen molar-refractivity contribution in [1.29, 1.82) is 5.41 Å². The van der Waals surface area contributed by atoms with Gasteiger partial charge in [-0.1, -0.05) is 12.1 Å². The van der Waals surface area contributed by atoms with Crippen LogP contribution in [-0.2, 0) is 35.2 Å². The van der Waals surface area contributed by atoms with Gasteiger partial charge in [0.15, 0.2) is 5.96 Å². The monoisotopic (exact) mass is 603 g/mol. The molecule has 0 saturated carbocycles. The number of amides is 4. The number of benzene rings is 1. The second kappa shape index (κ2) is 17.9. The quantitative estimate of drug-likeness (QED) is 0.0478. The van der Waals surface area contributed by atoms with Crippen molar-refractivity contribution in [3.05, 3.63) is 29.8 Å². The largest absolute Gasteiger partial charge is 0.497 e. The van der Waals surface area contributed by atoms with Gasteiger partial charge >= 0.3 is 5.97 Å². The number of nitrogens with one attached hydrogen (secondary N) is 7. The Morgan fingerprint density at radius 3 is 2.40 bits per heavy atom. The average Bonchev–Trinajstić information content (AvgIpc) is 3.52. The molecule has 1 aromatic carbocycles. The molecule has 16 nitrogen and oxygen atoms in total. The van der Waals surface area contributed by atoms with Gasteiger partial charge in [-0.2, -0.15) is 0 Å². The summed E-state index contributed by atoms with van der Waals surface area (Å²) in [6, 6.07) is 2.61. The van der Waals surface area contributed by atoms with Gasteiger partial charge in [-0.15, -0.1) is 0 Å². The molecule has 4 atom stereocenters. The molecule has 1 aliphatic rings. The van der Waals surface area contributed by atoms with Crippen molar-refractivity contribution >= 4 is 41.8 Å². The lowest BCUT2D eigenvalue weighted by Crippen LogP contribution is -2.55. The Hall–Kier alpha value is -4.73. The highest BCUT2D eigenvalue weighted by molar-refractivity contribution is 5.94. The molecule has 43 heavy (non-hydrogen) atoms. The molecular weight excluding hydrogens is 564 g/mol. The number of methoxy groups -OCH3 is 1. The number of ether oxygens (including phenoxy) is 1. The number of carbonyl (C=O) groups excluding carboxylic acids is 5. The number of carbonyl (C=O) groups is 5. The molecule has 0 unspecified atom stereocenters. The molecule has 1 aromatic rings. The van der Waals surface area contributed by atoms with Crippen LogP contribution in [0.2, 0.25) is 0 Å². The summed E-state index contributed by atoms with van der Waals surface area (Å²) in [6.07, 6.45) is 2.95. The van der Waals surface area contributed by atoms with E-state index in [4.69, 9.17) is 15.9 Å². The second-order valence-electron chi connectivity index (χ2n) is 9.86. The summed E-state index contributed by atoms with van der Waals surface area (Å²) in [6.45, 7) is 0.341. The third-order valence-corrected chi connectivity index (χ3v) is 6.51. The third-order valence-electron chi connectivity index (χ3n) is 6.51. The van der Waals surface area contributed by atoms with E-state index in [0.29, 0.717) is 30.7 Å². The molecule has 1 fully saturated rings. The van der Waals surface area contributed by atoms with Crippen molar-refractivity contribution in [2.75, 3.05) is 26.7 Å². The minimum Gasteiger partial charge on any atom is -0.497 e. The number of guanidine groups is 1. The molecule has 0 aromatic heterocycles. The highest BCUT2D eigenvalue weighted by Crippen LogP contribution is 2.12. The van der Waals surface area contributed by atoms with Crippen LogP contribution in [0.25, 0.3) is 0 Å². The van der Waals surface area contributed by atoms with E-state index in [-0.39, 0.29) is 31.3 Å². The lowest BCUT2D eigenvalue weighted by Gasteiger charge is -2.22. The van der Waals surface area contributed by atoms with Crippen LogP contribution in [0.3, 0.4) is 0 Å². The van der Waals surface area contributed by atoms with Gasteiger partial charge in [-0.05, 0) is 49.9 Å². The molecule has 0 bridgehead atoms.